The Morgan fingerprint density at radius 1 is 1.22 bits per heavy atom. The molecule has 0 radical (unpaired) electrons. The molecule has 0 saturated heterocycles. The van der Waals surface area contributed by atoms with Crippen LogP contribution in [-0.2, 0) is 10.0 Å². The van der Waals surface area contributed by atoms with Crippen LogP contribution in [0.5, 0.6) is 0 Å². The normalized spacial score (nSPS) is 11.6. The predicted molar refractivity (Wildman–Crippen MR) is 97.2 cm³/mol. The topological polar surface area (TPSA) is 59.1 Å². The molecule has 3 aromatic rings. The van der Waals surface area contributed by atoms with Gasteiger partial charge in [0.2, 0.25) is 0 Å². The van der Waals surface area contributed by atoms with Crippen molar-refractivity contribution in [2.24, 2.45) is 0 Å². The molecule has 0 atom stereocenters. The van der Waals surface area contributed by atoms with E-state index in [0.717, 1.165) is 20.5 Å². The first kappa shape index (κ1) is 16.4. The smallest absolute Gasteiger partial charge is 0.263 e. The number of halogens is 1. The lowest BCUT2D eigenvalue weighted by atomic mass is 10.3. The van der Waals surface area contributed by atoms with E-state index < -0.39 is 10.0 Å². The first-order valence-corrected chi connectivity index (χ1v) is 10.2. The summed E-state index contributed by atoms with van der Waals surface area (Å²) < 4.78 is 27.8. The summed E-state index contributed by atoms with van der Waals surface area (Å²) in [6, 6.07) is 8.30. The van der Waals surface area contributed by atoms with Crippen molar-refractivity contribution in [1.82, 2.24) is 4.98 Å². The molecule has 0 unspecified atom stereocenters. The summed E-state index contributed by atoms with van der Waals surface area (Å²) >= 11 is 8.83. The van der Waals surface area contributed by atoms with E-state index in [4.69, 9.17) is 11.6 Å². The van der Waals surface area contributed by atoms with Crippen molar-refractivity contribution in [2.75, 3.05) is 4.72 Å². The van der Waals surface area contributed by atoms with Gasteiger partial charge in [0, 0.05) is 21.0 Å². The summed E-state index contributed by atoms with van der Waals surface area (Å²) in [7, 11) is -3.66. The Hall–Kier alpha value is -1.41. The van der Waals surface area contributed by atoms with E-state index in [9.17, 15) is 8.42 Å². The quantitative estimate of drug-likeness (QED) is 0.692. The van der Waals surface area contributed by atoms with E-state index in [-0.39, 0.29) is 4.90 Å². The lowest BCUT2D eigenvalue weighted by molar-refractivity contribution is 0.601. The SMILES string of the molecule is Cc1csc(-c2cc(S(=O)(=O)Nc3cccc(Cl)c3)c(C)s2)n1. The summed E-state index contributed by atoms with van der Waals surface area (Å²) in [5.41, 5.74) is 1.37. The second-order valence-corrected chi connectivity index (χ2v) is 9.14. The molecule has 3 rings (SSSR count). The van der Waals surface area contributed by atoms with Gasteiger partial charge in [0.15, 0.2) is 0 Å². The maximum Gasteiger partial charge on any atom is 0.263 e. The molecule has 0 bridgehead atoms. The van der Waals surface area contributed by atoms with Crippen LogP contribution in [-0.4, -0.2) is 13.4 Å². The van der Waals surface area contributed by atoms with E-state index in [1.807, 2.05) is 12.3 Å². The van der Waals surface area contributed by atoms with Crippen LogP contribution >= 0.6 is 34.3 Å². The molecule has 23 heavy (non-hydrogen) atoms. The fraction of sp³-hybridized carbons (Fsp3) is 0.133. The van der Waals surface area contributed by atoms with Crippen LogP contribution in [0.4, 0.5) is 5.69 Å². The van der Waals surface area contributed by atoms with Gasteiger partial charge in [-0.1, -0.05) is 17.7 Å². The first-order chi connectivity index (χ1) is 10.8. The van der Waals surface area contributed by atoms with Gasteiger partial charge >= 0.3 is 0 Å². The lowest BCUT2D eigenvalue weighted by Crippen LogP contribution is -2.12. The molecule has 4 nitrogen and oxygen atoms in total. The maximum absolute atomic E-state index is 12.6. The van der Waals surface area contributed by atoms with Crippen molar-refractivity contribution >= 4 is 50.0 Å². The van der Waals surface area contributed by atoms with E-state index in [1.165, 1.54) is 22.7 Å². The zero-order valence-electron chi connectivity index (χ0n) is 12.3. The van der Waals surface area contributed by atoms with Crippen molar-refractivity contribution in [1.29, 1.82) is 0 Å². The molecule has 0 fully saturated rings. The molecule has 0 saturated carbocycles. The van der Waals surface area contributed by atoms with Crippen LogP contribution in [0.1, 0.15) is 10.6 Å². The number of benzene rings is 1. The van der Waals surface area contributed by atoms with Crippen LogP contribution in [0.2, 0.25) is 5.02 Å². The van der Waals surface area contributed by atoms with E-state index in [0.29, 0.717) is 10.7 Å². The summed E-state index contributed by atoms with van der Waals surface area (Å²) in [6.45, 7) is 3.71. The Balaban J connectivity index is 1.95. The molecule has 2 heterocycles. The third-order valence-electron chi connectivity index (χ3n) is 3.07. The Bertz CT molecular complexity index is 961. The number of hydrogen-bond donors (Lipinski definition) is 1. The number of hydrogen-bond acceptors (Lipinski definition) is 5. The molecule has 0 aliphatic heterocycles. The monoisotopic (exact) mass is 384 g/mol. The molecule has 1 N–H and O–H groups in total. The zero-order valence-corrected chi connectivity index (χ0v) is 15.5. The highest BCUT2D eigenvalue weighted by molar-refractivity contribution is 7.93. The second-order valence-electron chi connectivity index (χ2n) is 4.94. The van der Waals surface area contributed by atoms with Crippen molar-refractivity contribution in [2.45, 2.75) is 18.7 Å². The largest absolute Gasteiger partial charge is 0.280 e. The summed E-state index contributed by atoms with van der Waals surface area (Å²) in [4.78, 5) is 6.26. The van der Waals surface area contributed by atoms with Crippen molar-refractivity contribution in [3.05, 3.63) is 51.3 Å². The highest BCUT2D eigenvalue weighted by Crippen LogP contribution is 2.35. The average Bonchev–Trinajstić information content (AvgIpc) is 3.04. The van der Waals surface area contributed by atoms with Gasteiger partial charge in [-0.15, -0.1) is 22.7 Å². The Morgan fingerprint density at radius 2 is 2.00 bits per heavy atom. The van der Waals surface area contributed by atoms with Gasteiger partial charge in [-0.2, -0.15) is 0 Å². The molecule has 2 aromatic heterocycles. The van der Waals surface area contributed by atoms with E-state index in [1.54, 1.807) is 37.3 Å². The van der Waals surface area contributed by atoms with Gasteiger partial charge in [0.25, 0.3) is 10.0 Å². The summed E-state index contributed by atoms with van der Waals surface area (Å²) in [5.74, 6) is 0. The number of aryl methyl sites for hydroxylation is 2. The Labute approximate surface area is 147 Å². The minimum Gasteiger partial charge on any atom is -0.280 e. The minimum atomic E-state index is -3.66. The lowest BCUT2D eigenvalue weighted by Gasteiger charge is -2.07. The zero-order chi connectivity index (χ0) is 16.6. The predicted octanol–water partition coefficient (Wildman–Crippen LogP) is 4.94. The number of thiophene rings is 1. The molecule has 8 heteroatoms. The molecule has 0 aliphatic carbocycles. The standard InChI is InChI=1S/C15H13ClN2O2S3/c1-9-8-21-15(17-9)13-7-14(10(2)22-13)23(19,20)18-12-5-3-4-11(16)6-12/h3-8,18H,1-2H3. The fourth-order valence-corrected chi connectivity index (χ4v) is 5.76. The van der Waals surface area contributed by atoms with Gasteiger partial charge in [-0.3, -0.25) is 4.72 Å². The molecule has 0 spiro atoms. The Kier molecular flexibility index (Phi) is 4.46. The van der Waals surface area contributed by atoms with Crippen LogP contribution in [0.3, 0.4) is 0 Å². The number of nitrogens with zero attached hydrogens (tertiary/aromatic N) is 1. The molecule has 0 amide bonds. The van der Waals surface area contributed by atoms with Gasteiger partial charge in [-0.25, -0.2) is 13.4 Å². The fourth-order valence-electron chi connectivity index (χ4n) is 2.07. The van der Waals surface area contributed by atoms with Crippen LogP contribution in [0.25, 0.3) is 9.88 Å². The number of anilines is 1. The van der Waals surface area contributed by atoms with Gasteiger partial charge in [0.05, 0.1) is 10.6 Å². The molecule has 120 valence electrons. The van der Waals surface area contributed by atoms with Crippen molar-refractivity contribution < 1.29 is 8.42 Å². The first-order valence-electron chi connectivity index (χ1n) is 6.66. The highest BCUT2D eigenvalue weighted by Gasteiger charge is 2.21. The van der Waals surface area contributed by atoms with Gasteiger partial charge in [0.1, 0.15) is 9.90 Å². The number of rotatable bonds is 4. The maximum atomic E-state index is 12.6. The van der Waals surface area contributed by atoms with Crippen LogP contribution in [0.15, 0.2) is 40.6 Å². The molecular weight excluding hydrogens is 372 g/mol. The Morgan fingerprint density at radius 3 is 2.65 bits per heavy atom. The molecular formula is C15H13ClN2O2S3. The molecule has 1 aromatic carbocycles. The van der Waals surface area contributed by atoms with Crippen molar-refractivity contribution in [3.8, 4) is 9.88 Å². The summed E-state index contributed by atoms with van der Waals surface area (Å²) in [5, 5.41) is 3.26. The van der Waals surface area contributed by atoms with E-state index in [2.05, 4.69) is 9.71 Å². The van der Waals surface area contributed by atoms with Crippen LogP contribution < -0.4 is 4.72 Å². The number of sulfonamides is 1. The minimum absolute atomic E-state index is 0.269. The summed E-state index contributed by atoms with van der Waals surface area (Å²) in [6.07, 6.45) is 0. The third-order valence-corrected chi connectivity index (χ3v) is 7.12. The van der Waals surface area contributed by atoms with E-state index >= 15 is 0 Å². The number of aromatic nitrogens is 1. The highest BCUT2D eigenvalue weighted by atomic mass is 35.5. The number of nitrogens with one attached hydrogen (secondary N) is 1. The number of thiazole rings is 1. The third kappa shape index (κ3) is 3.58. The van der Waals surface area contributed by atoms with Crippen molar-refractivity contribution in [3.63, 3.8) is 0 Å². The van der Waals surface area contributed by atoms with Gasteiger partial charge < -0.3 is 0 Å². The average molecular weight is 385 g/mol. The molecule has 0 aliphatic rings. The van der Waals surface area contributed by atoms with Gasteiger partial charge in [-0.05, 0) is 38.1 Å². The van der Waals surface area contributed by atoms with Crippen LogP contribution in [0, 0.1) is 13.8 Å². The second kappa shape index (κ2) is 6.24.